The fourth-order valence-corrected chi connectivity index (χ4v) is 1.91. The van der Waals surface area contributed by atoms with Crippen LogP contribution < -0.4 is 5.32 Å². The Labute approximate surface area is 88.4 Å². The molecule has 2 N–H and O–H groups in total. The van der Waals surface area contributed by atoms with E-state index >= 15 is 0 Å². The molecule has 2 rings (SSSR count). The normalized spacial score (nSPS) is 26.4. The minimum atomic E-state index is -0.911. The molecule has 1 saturated carbocycles. The fourth-order valence-electron chi connectivity index (χ4n) is 1.91. The molecule has 0 aromatic carbocycles. The van der Waals surface area contributed by atoms with Crippen LogP contribution in [0.2, 0.25) is 0 Å². The zero-order valence-corrected chi connectivity index (χ0v) is 8.61. The number of nitrogens with one attached hydrogen (secondary N) is 1. The van der Waals surface area contributed by atoms with Crippen molar-refractivity contribution in [2.75, 3.05) is 19.6 Å². The van der Waals surface area contributed by atoms with Gasteiger partial charge in [0.1, 0.15) is 6.04 Å². The van der Waals surface area contributed by atoms with E-state index in [1.54, 1.807) is 0 Å². The van der Waals surface area contributed by atoms with Crippen molar-refractivity contribution in [1.29, 1.82) is 0 Å². The lowest BCUT2D eigenvalue weighted by Crippen LogP contribution is -2.57. The fraction of sp³-hybridized carbons (Fsp3) is 0.800. The summed E-state index contributed by atoms with van der Waals surface area (Å²) in [5.74, 6) is -0.389. The molecule has 2 fully saturated rings. The van der Waals surface area contributed by atoms with Crippen LogP contribution in [0.3, 0.4) is 0 Å². The largest absolute Gasteiger partial charge is 0.480 e. The summed E-state index contributed by atoms with van der Waals surface area (Å²) in [5, 5.41) is 12.0. The third kappa shape index (κ3) is 2.47. The lowest BCUT2D eigenvalue weighted by molar-refractivity contribution is -0.151. The first-order valence-electron chi connectivity index (χ1n) is 5.41. The van der Waals surface area contributed by atoms with Crippen LogP contribution in [-0.2, 0) is 9.59 Å². The Bertz CT molecular complexity index is 276. The maximum Gasteiger partial charge on any atom is 0.327 e. The number of hydrogen-bond acceptors (Lipinski definition) is 3. The van der Waals surface area contributed by atoms with Gasteiger partial charge in [0.05, 0.1) is 0 Å². The molecule has 84 valence electrons. The van der Waals surface area contributed by atoms with Crippen LogP contribution in [-0.4, -0.2) is 47.6 Å². The molecule has 0 aromatic rings. The summed E-state index contributed by atoms with van der Waals surface area (Å²) < 4.78 is 0. The van der Waals surface area contributed by atoms with Gasteiger partial charge in [-0.15, -0.1) is 0 Å². The second-order valence-corrected chi connectivity index (χ2v) is 4.29. The van der Waals surface area contributed by atoms with Crippen molar-refractivity contribution in [3.05, 3.63) is 0 Å². The molecule has 1 amide bonds. The molecular weight excluding hydrogens is 196 g/mol. The van der Waals surface area contributed by atoms with Gasteiger partial charge in [-0.2, -0.15) is 0 Å². The molecule has 1 aliphatic carbocycles. The number of carbonyl (C=O) groups excluding carboxylic acids is 1. The van der Waals surface area contributed by atoms with Gasteiger partial charge < -0.3 is 15.3 Å². The maximum absolute atomic E-state index is 11.8. The van der Waals surface area contributed by atoms with E-state index in [1.165, 1.54) is 4.90 Å². The number of carboxylic acid groups (broad SMARTS) is 1. The minimum absolute atomic E-state index is 0.00593. The quantitative estimate of drug-likeness (QED) is 0.672. The summed E-state index contributed by atoms with van der Waals surface area (Å²) >= 11 is 0. The van der Waals surface area contributed by atoms with Gasteiger partial charge in [-0.25, -0.2) is 4.79 Å². The molecule has 1 aliphatic heterocycles. The topological polar surface area (TPSA) is 69.6 Å². The van der Waals surface area contributed by atoms with Crippen LogP contribution >= 0.6 is 0 Å². The Morgan fingerprint density at radius 2 is 2.13 bits per heavy atom. The van der Waals surface area contributed by atoms with E-state index in [1.807, 2.05) is 0 Å². The number of hydrogen-bond donors (Lipinski definition) is 2. The van der Waals surface area contributed by atoms with Crippen LogP contribution in [0.4, 0.5) is 0 Å². The highest BCUT2D eigenvalue weighted by atomic mass is 16.4. The average Bonchev–Trinajstić information content (AvgIpc) is 3.01. The SMILES string of the molecule is O=C(O)C1CNCCN1C(=O)CC1CC1. The van der Waals surface area contributed by atoms with Crippen LogP contribution in [0.5, 0.6) is 0 Å². The third-order valence-corrected chi connectivity index (χ3v) is 3.01. The smallest absolute Gasteiger partial charge is 0.327 e. The van der Waals surface area contributed by atoms with Crippen LogP contribution in [0.15, 0.2) is 0 Å². The Balaban J connectivity index is 1.96. The predicted octanol–water partition coefficient (Wildman–Crippen LogP) is -0.329. The number of amides is 1. The van der Waals surface area contributed by atoms with Gasteiger partial charge in [0, 0.05) is 26.1 Å². The highest BCUT2D eigenvalue weighted by Gasteiger charge is 2.34. The van der Waals surface area contributed by atoms with Gasteiger partial charge in [0.25, 0.3) is 0 Å². The van der Waals surface area contributed by atoms with Crippen LogP contribution in [0, 0.1) is 5.92 Å². The standard InChI is InChI=1S/C10H16N2O3/c13-9(5-7-1-2-7)12-4-3-11-6-8(12)10(14)15/h7-8,11H,1-6H2,(H,14,15). The van der Waals surface area contributed by atoms with Gasteiger partial charge in [-0.05, 0) is 18.8 Å². The van der Waals surface area contributed by atoms with Crippen molar-refractivity contribution in [3.63, 3.8) is 0 Å². The van der Waals surface area contributed by atoms with E-state index < -0.39 is 12.0 Å². The number of carboxylic acids is 1. The van der Waals surface area contributed by atoms with E-state index in [0.29, 0.717) is 32.0 Å². The van der Waals surface area contributed by atoms with E-state index in [4.69, 9.17) is 5.11 Å². The highest BCUT2D eigenvalue weighted by molar-refractivity contribution is 5.84. The highest BCUT2D eigenvalue weighted by Crippen LogP contribution is 2.33. The molecule has 1 heterocycles. The molecular formula is C10H16N2O3. The van der Waals surface area contributed by atoms with Gasteiger partial charge in [0.2, 0.25) is 5.91 Å². The Kier molecular flexibility index (Phi) is 2.90. The minimum Gasteiger partial charge on any atom is -0.480 e. The van der Waals surface area contributed by atoms with E-state index in [9.17, 15) is 9.59 Å². The number of aliphatic carboxylic acids is 1. The summed E-state index contributed by atoms with van der Waals surface area (Å²) in [4.78, 5) is 24.2. The van der Waals surface area contributed by atoms with Crippen molar-refractivity contribution in [1.82, 2.24) is 10.2 Å². The lowest BCUT2D eigenvalue weighted by atomic mass is 10.1. The molecule has 0 aromatic heterocycles. The predicted molar refractivity (Wildman–Crippen MR) is 53.3 cm³/mol. The lowest BCUT2D eigenvalue weighted by Gasteiger charge is -2.33. The molecule has 5 nitrogen and oxygen atoms in total. The first kappa shape index (κ1) is 10.4. The van der Waals surface area contributed by atoms with Crippen molar-refractivity contribution in [2.24, 2.45) is 5.92 Å². The number of nitrogens with zero attached hydrogens (tertiary/aromatic N) is 1. The van der Waals surface area contributed by atoms with Gasteiger partial charge in [-0.1, -0.05) is 0 Å². The summed E-state index contributed by atoms with van der Waals surface area (Å²) in [7, 11) is 0. The van der Waals surface area contributed by atoms with Crippen molar-refractivity contribution < 1.29 is 14.7 Å². The van der Waals surface area contributed by atoms with Crippen molar-refractivity contribution in [2.45, 2.75) is 25.3 Å². The van der Waals surface area contributed by atoms with Gasteiger partial charge in [-0.3, -0.25) is 4.79 Å². The Morgan fingerprint density at radius 3 is 2.73 bits per heavy atom. The molecule has 2 aliphatic rings. The third-order valence-electron chi connectivity index (χ3n) is 3.01. The second kappa shape index (κ2) is 4.18. The number of carbonyl (C=O) groups is 2. The average molecular weight is 212 g/mol. The molecule has 1 unspecified atom stereocenters. The van der Waals surface area contributed by atoms with Gasteiger partial charge in [0.15, 0.2) is 0 Å². The summed E-state index contributed by atoms with van der Waals surface area (Å²) in [6.07, 6.45) is 2.77. The van der Waals surface area contributed by atoms with Crippen molar-refractivity contribution in [3.8, 4) is 0 Å². The van der Waals surface area contributed by atoms with Gasteiger partial charge >= 0.3 is 5.97 Å². The first-order chi connectivity index (χ1) is 7.18. The zero-order chi connectivity index (χ0) is 10.8. The summed E-state index contributed by atoms with van der Waals surface area (Å²) in [6.45, 7) is 1.58. The second-order valence-electron chi connectivity index (χ2n) is 4.29. The molecule has 0 spiro atoms. The Morgan fingerprint density at radius 1 is 1.40 bits per heavy atom. The molecule has 1 atom stereocenters. The van der Waals surface area contributed by atoms with Crippen LogP contribution in [0.25, 0.3) is 0 Å². The first-order valence-corrected chi connectivity index (χ1v) is 5.41. The van der Waals surface area contributed by atoms with Crippen molar-refractivity contribution >= 4 is 11.9 Å². The van der Waals surface area contributed by atoms with Crippen LogP contribution in [0.1, 0.15) is 19.3 Å². The molecule has 0 bridgehead atoms. The van der Waals surface area contributed by atoms with E-state index in [2.05, 4.69) is 5.32 Å². The number of piperazine rings is 1. The van der Waals surface area contributed by atoms with E-state index in [0.717, 1.165) is 12.8 Å². The molecule has 1 saturated heterocycles. The molecule has 15 heavy (non-hydrogen) atoms. The Hall–Kier alpha value is -1.10. The summed E-state index contributed by atoms with van der Waals surface area (Å²) in [5.41, 5.74) is 0. The molecule has 0 radical (unpaired) electrons. The zero-order valence-electron chi connectivity index (χ0n) is 8.61. The maximum atomic E-state index is 11.8. The monoisotopic (exact) mass is 212 g/mol. The number of rotatable bonds is 3. The van der Waals surface area contributed by atoms with E-state index in [-0.39, 0.29) is 5.91 Å². The summed E-state index contributed by atoms with van der Waals surface area (Å²) in [6, 6.07) is -0.676. The molecule has 5 heteroatoms.